The van der Waals surface area contributed by atoms with E-state index in [-0.39, 0.29) is 5.91 Å². The number of hydrogen-bond acceptors (Lipinski definition) is 7. The van der Waals surface area contributed by atoms with E-state index in [9.17, 15) is 4.79 Å². The van der Waals surface area contributed by atoms with Crippen molar-refractivity contribution in [2.24, 2.45) is 0 Å². The summed E-state index contributed by atoms with van der Waals surface area (Å²) in [4.78, 5) is 12.3. The van der Waals surface area contributed by atoms with Crippen LogP contribution in [0.25, 0.3) is 0 Å². The molecule has 3 rings (SSSR count). The maximum absolute atomic E-state index is 12.3. The zero-order chi connectivity index (χ0) is 17.6. The lowest BCUT2D eigenvalue weighted by Gasteiger charge is -2.08. The Morgan fingerprint density at radius 1 is 1.36 bits per heavy atom. The SMILES string of the molecule is C[C@@H](Sc1nnc(Cc2ccccc2)o1)C(=O)Nc1sccc1C#N. The number of amides is 1. The van der Waals surface area contributed by atoms with E-state index in [1.165, 1.54) is 23.1 Å². The first-order valence-corrected chi connectivity index (χ1v) is 9.23. The third kappa shape index (κ3) is 4.47. The number of anilines is 1. The van der Waals surface area contributed by atoms with Gasteiger partial charge in [0, 0.05) is 0 Å². The lowest BCUT2D eigenvalue weighted by atomic mass is 10.2. The van der Waals surface area contributed by atoms with Crippen LogP contribution >= 0.6 is 23.1 Å². The van der Waals surface area contributed by atoms with Gasteiger partial charge in [0.05, 0.1) is 17.2 Å². The van der Waals surface area contributed by atoms with Crippen LogP contribution in [0.2, 0.25) is 0 Å². The molecule has 0 spiro atoms. The smallest absolute Gasteiger partial charge is 0.277 e. The molecule has 25 heavy (non-hydrogen) atoms. The average molecular weight is 370 g/mol. The fourth-order valence-electron chi connectivity index (χ4n) is 2.04. The van der Waals surface area contributed by atoms with Crippen LogP contribution in [0, 0.1) is 11.3 Å². The summed E-state index contributed by atoms with van der Waals surface area (Å²) in [7, 11) is 0. The zero-order valence-electron chi connectivity index (χ0n) is 13.3. The van der Waals surface area contributed by atoms with Crippen molar-refractivity contribution in [3.63, 3.8) is 0 Å². The summed E-state index contributed by atoms with van der Waals surface area (Å²) in [5.41, 5.74) is 1.54. The Hall–Kier alpha value is -2.63. The molecule has 0 bridgehead atoms. The highest BCUT2D eigenvalue weighted by Crippen LogP contribution is 2.26. The highest BCUT2D eigenvalue weighted by molar-refractivity contribution is 8.00. The summed E-state index contributed by atoms with van der Waals surface area (Å²) in [5.74, 6) is 0.290. The van der Waals surface area contributed by atoms with Crippen molar-refractivity contribution < 1.29 is 9.21 Å². The topological polar surface area (TPSA) is 91.8 Å². The molecule has 8 heteroatoms. The Bertz CT molecular complexity index is 899. The van der Waals surface area contributed by atoms with Gasteiger partial charge >= 0.3 is 0 Å². The van der Waals surface area contributed by atoms with Crippen molar-refractivity contribution in [1.82, 2.24) is 10.2 Å². The summed E-state index contributed by atoms with van der Waals surface area (Å²) >= 11 is 2.50. The minimum Gasteiger partial charge on any atom is -0.416 e. The maximum Gasteiger partial charge on any atom is 0.277 e. The monoisotopic (exact) mass is 370 g/mol. The molecule has 1 aromatic carbocycles. The molecule has 0 saturated heterocycles. The highest BCUT2D eigenvalue weighted by atomic mass is 32.2. The van der Waals surface area contributed by atoms with E-state index < -0.39 is 5.25 Å². The van der Waals surface area contributed by atoms with Crippen molar-refractivity contribution in [3.05, 3.63) is 58.8 Å². The molecular formula is C17H14N4O2S2. The second kappa shape index (κ2) is 7.96. The zero-order valence-corrected chi connectivity index (χ0v) is 14.9. The Balaban J connectivity index is 1.58. The number of nitrogens with one attached hydrogen (secondary N) is 1. The van der Waals surface area contributed by atoms with E-state index in [0.717, 1.165) is 5.56 Å². The third-order valence-corrected chi connectivity index (χ3v) is 5.08. The normalized spacial score (nSPS) is 11.7. The molecule has 0 aliphatic heterocycles. The standard InChI is InChI=1S/C17H14N4O2S2/c1-11(15(22)19-16-13(10-18)7-8-24-16)25-17-21-20-14(23-17)9-12-5-3-2-4-6-12/h2-8,11H,9H2,1H3,(H,19,22)/t11-/m1/s1. The predicted molar refractivity (Wildman–Crippen MR) is 96.5 cm³/mol. The molecular weight excluding hydrogens is 356 g/mol. The van der Waals surface area contributed by atoms with Gasteiger partial charge in [0.15, 0.2) is 0 Å². The lowest BCUT2D eigenvalue weighted by molar-refractivity contribution is -0.115. The number of rotatable bonds is 6. The van der Waals surface area contributed by atoms with Crippen molar-refractivity contribution in [3.8, 4) is 6.07 Å². The molecule has 2 heterocycles. The minimum atomic E-state index is -0.432. The van der Waals surface area contributed by atoms with E-state index in [2.05, 4.69) is 15.5 Å². The van der Waals surface area contributed by atoms with Crippen LogP contribution in [0.15, 0.2) is 51.4 Å². The quantitative estimate of drug-likeness (QED) is 0.665. The van der Waals surface area contributed by atoms with Crippen LogP contribution in [0.1, 0.15) is 23.9 Å². The van der Waals surface area contributed by atoms with Crippen molar-refractivity contribution in [1.29, 1.82) is 5.26 Å². The lowest BCUT2D eigenvalue weighted by Crippen LogP contribution is -2.22. The molecule has 0 fully saturated rings. The molecule has 3 aromatic rings. The van der Waals surface area contributed by atoms with Gasteiger partial charge in [0.25, 0.3) is 5.22 Å². The fraction of sp³-hybridized carbons (Fsp3) is 0.176. The fourth-order valence-corrected chi connectivity index (χ4v) is 3.48. The Morgan fingerprint density at radius 2 is 2.16 bits per heavy atom. The van der Waals surface area contributed by atoms with Crippen LogP contribution in [0.3, 0.4) is 0 Å². The number of aromatic nitrogens is 2. The van der Waals surface area contributed by atoms with E-state index in [1.807, 2.05) is 36.4 Å². The first kappa shape index (κ1) is 17.2. The molecule has 1 atom stereocenters. The second-order valence-electron chi connectivity index (χ2n) is 5.15. The van der Waals surface area contributed by atoms with Crippen LogP contribution in [0.4, 0.5) is 5.00 Å². The number of carbonyl (C=O) groups excluding carboxylic acids is 1. The van der Waals surface area contributed by atoms with Crippen LogP contribution in [0.5, 0.6) is 0 Å². The van der Waals surface area contributed by atoms with E-state index in [0.29, 0.717) is 28.1 Å². The van der Waals surface area contributed by atoms with E-state index in [4.69, 9.17) is 9.68 Å². The molecule has 1 amide bonds. The number of hydrogen-bond donors (Lipinski definition) is 1. The number of benzene rings is 1. The van der Waals surface area contributed by atoms with Gasteiger partial charge in [0.2, 0.25) is 11.8 Å². The Morgan fingerprint density at radius 3 is 2.92 bits per heavy atom. The van der Waals surface area contributed by atoms with Gasteiger partial charge in [-0.3, -0.25) is 4.79 Å². The van der Waals surface area contributed by atoms with E-state index in [1.54, 1.807) is 18.4 Å². The molecule has 1 N–H and O–H groups in total. The second-order valence-corrected chi connectivity index (χ2v) is 7.36. The number of thioether (sulfide) groups is 1. The third-order valence-electron chi connectivity index (χ3n) is 3.32. The molecule has 126 valence electrons. The van der Waals surface area contributed by atoms with Gasteiger partial charge in [-0.25, -0.2) is 0 Å². The highest BCUT2D eigenvalue weighted by Gasteiger charge is 2.20. The average Bonchev–Trinajstić information content (AvgIpc) is 3.25. The molecule has 2 aromatic heterocycles. The van der Waals surface area contributed by atoms with Crippen molar-refractivity contribution >= 4 is 34.0 Å². The number of thiophene rings is 1. The summed E-state index contributed by atoms with van der Waals surface area (Å²) in [6.07, 6.45) is 0.551. The first-order valence-electron chi connectivity index (χ1n) is 7.47. The van der Waals surface area contributed by atoms with Crippen LogP contribution in [-0.4, -0.2) is 21.4 Å². The van der Waals surface area contributed by atoms with Crippen molar-refractivity contribution in [2.45, 2.75) is 23.8 Å². The number of nitrogens with zero attached hydrogens (tertiary/aromatic N) is 3. The van der Waals surface area contributed by atoms with E-state index >= 15 is 0 Å². The van der Waals surface area contributed by atoms with Gasteiger partial charge in [-0.2, -0.15) is 5.26 Å². The predicted octanol–water partition coefficient (Wildman–Crippen LogP) is 3.71. The van der Waals surface area contributed by atoms with Gasteiger partial charge < -0.3 is 9.73 Å². The minimum absolute atomic E-state index is 0.216. The molecule has 0 saturated carbocycles. The first-order chi connectivity index (χ1) is 12.2. The summed E-state index contributed by atoms with van der Waals surface area (Å²) < 4.78 is 5.60. The summed E-state index contributed by atoms with van der Waals surface area (Å²) in [6, 6.07) is 13.5. The van der Waals surface area contributed by atoms with Gasteiger partial charge in [0.1, 0.15) is 11.1 Å². The number of nitriles is 1. The van der Waals surface area contributed by atoms with Gasteiger partial charge in [-0.1, -0.05) is 42.1 Å². The Labute approximate surface area is 152 Å². The number of carbonyl (C=O) groups is 1. The van der Waals surface area contributed by atoms with Crippen molar-refractivity contribution in [2.75, 3.05) is 5.32 Å². The molecule has 0 aliphatic carbocycles. The summed E-state index contributed by atoms with van der Waals surface area (Å²) in [5, 5.41) is 22.0. The molecule has 0 aliphatic rings. The van der Waals surface area contributed by atoms with Gasteiger partial charge in [-0.05, 0) is 23.9 Å². The molecule has 0 radical (unpaired) electrons. The molecule has 6 nitrogen and oxygen atoms in total. The van der Waals surface area contributed by atoms with Crippen LogP contribution in [-0.2, 0) is 11.2 Å². The summed E-state index contributed by atoms with van der Waals surface area (Å²) in [6.45, 7) is 1.75. The molecule has 0 unspecified atom stereocenters. The Kier molecular flexibility index (Phi) is 5.48. The van der Waals surface area contributed by atoms with Gasteiger partial charge in [-0.15, -0.1) is 21.5 Å². The maximum atomic E-state index is 12.3. The van der Waals surface area contributed by atoms with Crippen LogP contribution < -0.4 is 5.32 Å². The largest absolute Gasteiger partial charge is 0.416 e.